The minimum absolute atomic E-state index is 0.381. The number of hydrogen-bond donors (Lipinski definition) is 1. The second kappa shape index (κ2) is 4.95. The van der Waals surface area contributed by atoms with Gasteiger partial charge in [-0.2, -0.15) is 0 Å². The molecule has 0 spiro atoms. The van der Waals surface area contributed by atoms with Gasteiger partial charge in [0.2, 0.25) is 0 Å². The maximum Gasteiger partial charge on any atom is 0.0595 e. The molecule has 1 fully saturated rings. The lowest BCUT2D eigenvalue weighted by atomic mass is 9.75. The van der Waals surface area contributed by atoms with Crippen LogP contribution in [0, 0.1) is 0 Å². The fraction of sp³-hybridized carbons (Fsp3) is 0.538. The Morgan fingerprint density at radius 3 is 2.50 bits per heavy atom. The Kier molecular flexibility index (Phi) is 3.78. The molecule has 0 aromatic heterocycles. The van der Waals surface area contributed by atoms with Crippen molar-refractivity contribution in [1.82, 2.24) is 5.32 Å². The van der Waals surface area contributed by atoms with Gasteiger partial charge in [0.25, 0.3) is 0 Å². The normalized spacial score (nSPS) is 18.2. The fourth-order valence-corrected chi connectivity index (χ4v) is 2.52. The van der Waals surface area contributed by atoms with Crippen LogP contribution < -0.4 is 5.32 Å². The van der Waals surface area contributed by atoms with Crippen LogP contribution in [0.3, 0.4) is 0 Å². The van der Waals surface area contributed by atoms with Gasteiger partial charge in [0, 0.05) is 12.1 Å². The highest BCUT2D eigenvalue weighted by atomic mass is 35.5. The van der Waals surface area contributed by atoms with E-state index in [1.165, 1.54) is 31.2 Å². The second-order valence-electron chi connectivity index (χ2n) is 4.59. The minimum atomic E-state index is 0.381. The summed E-state index contributed by atoms with van der Waals surface area (Å²) in [6, 6.07) is 5.84. The van der Waals surface area contributed by atoms with E-state index in [4.69, 9.17) is 23.2 Å². The topological polar surface area (TPSA) is 12.0 Å². The van der Waals surface area contributed by atoms with Crippen molar-refractivity contribution in [3.63, 3.8) is 0 Å². The first-order valence-corrected chi connectivity index (χ1v) is 6.60. The predicted octanol–water partition coefficient (Wildman–Crippen LogP) is 4.42. The highest BCUT2D eigenvalue weighted by Gasteiger charge is 2.34. The van der Waals surface area contributed by atoms with E-state index in [0.717, 1.165) is 6.54 Å². The van der Waals surface area contributed by atoms with E-state index >= 15 is 0 Å². The molecule has 0 atom stereocenters. The maximum atomic E-state index is 5.99. The number of rotatable bonds is 4. The van der Waals surface area contributed by atoms with Gasteiger partial charge < -0.3 is 5.32 Å². The van der Waals surface area contributed by atoms with Crippen LogP contribution in [0.5, 0.6) is 0 Å². The molecule has 1 aromatic carbocycles. The molecule has 0 amide bonds. The molecule has 1 saturated carbocycles. The lowest BCUT2D eigenvalue weighted by Gasteiger charge is -2.42. The summed E-state index contributed by atoms with van der Waals surface area (Å²) in [5.41, 5.74) is 1.58. The Morgan fingerprint density at radius 1 is 1.25 bits per heavy atom. The smallest absolute Gasteiger partial charge is 0.0595 e. The van der Waals surface area contributed by atoms with E-state index in [9.17, 15) is 0 Å². The molecule has 1 aliphatic rings. The van der Waals surface area contributed by atoms with Gasteiger partial charge in [0.15, 0.2) is 0 Å². The summed E-state index contributed by atoms with van der Waals surface area (Å²) < 4.78 is 0. The average molecular weight is 258 g/mol. The van der Waals surface area contributed by atoms with Gasteiger partial charge in [0.1, 0.15) is 0 Å². The van der Waals surface area contributed by atoms with E-state index in [2.05, 4.69) is 12.2 Å². The fourth-order valence-electron chi connectivity index (χ4n) is 2.20. The second-order valence-corrected chi connectivity index (χ2v) is 5.40. The lowest BCUT2D eigenvalue weighted by Crippen LogP contribution is -2.49. The zero-order valence-electron chi connectivity index (χ0n) is 9.52. The van der Waals surface area contributed by atoms with Gasteiger partial charge in [-0.15, -0.1) is 0 Å². The third kappa shape index (κ3) is 2.53. The zero-order chi connectivity index (χ0) is 11.6. The van der Waals surface area contributed by atoms with E-state index in [1.54, 1.807) is 0 Å². The van der Waals surface area contributed by atoms with Crippen LogP contribution in [0.15, 0.2) is 18.2 Å². The number of benzene rings is 1. The molecule has 0 bridgehead atoms. The standard InChI is InChI=1S/C13H17Cl2N/c1-2-13(6-3-7-13)16-9-10-4-5-11(14)12(15)8-10/h4-5,8,16H,2-3,6-7,9H2,1H3. The highest BCUT2D eigenvalue weighted by molar-refractivity contribution is 6.42. The van der Waals surface area contributed by atoms with Crippen LogP contribution in [0.25, 0.3) is 0 Å². The SMILES string of the molecule is CCC1(NCc2ccc(Cl)c(Cl)c2)CCC1. The molecular formula is C13H17Cl2N. The number of nitrogens with one attached hydrogen (secondary N) is 1. The van der Waals surface area contributed by atoms with Crippen LogP contribution in [-0.4, -0.2) is 5.54 Å². The summed E-state index contributed by atoms with van der Waals surface area (Å²) in [4.78, 5) is 0. The van der Waals surface area contributed by atoms with Crippen LogP contribution >= 0.6 is 23.2 Å². The van der Waals surface area contributed by atoms with Crippen LogP contribution in [0.1, 0.15) is 38.2 Å². The maximum absolute atomic E-state index is 5.99. The molecule has 0 unspecified atom stereocenters. The van der Waals surface area contributed by atoms with Gasteiger partial charge in [0.05, 0.1) is 10.0 Å². The summed E-state index contributed by atoms with van der Waals surface area (Å²) in [5.74, 6) is 0. The minimum Gasteiger partial charge on any atom is -0.307 e. The Hall–Kier alpha value is -0.240. The quantitative estimate of drug-likeness (QED) is 0.843. The van der Waals surface area contributed by atoms with Crippen LogP contribution in [0.4, 0.5) is 0 Å². The lowest BCUT2D eigenvalue weighted by molar-refractivity contribution is 0.175. The monoisotopic (exact) mass is 257 g/mol. The first-order valence-electron chi connectivity index (χ1n) is 5.84. The van der Waals surface area contributed by atoms with Crippen molar-refractivity contribution in [2.24, 2.45) is 0 Å². The molecule has 1 nitrogen and oxygen atoms in total. The summed E-state index contributed by atoms with van der Waals surface area (Å²) in [6.45, 7) is 3.13. The van der Waals surface area contributed by atoms with Gasteiger partial charge in [-0.25, -0.2) is 0 Å². The Morgan fingerprint density at radius 2 is 2.00 bits per heavy atom. The predicted molar refractivity (Wildman–Crippen MR) is 70.2 cm³/mol. The number of halogens is 2. The molecule has 0 heterocycles. The average Bonchev–Trinajstić information content (AvgIpc) is 2.22. The largest absolute Gasteiger partial charge is 0.307 e. The zero-order valence-corrected chi connectivity index (χ0v) is 11.0. The molecule has 1 aromatic rings. The van der Waals surface area contributed by atoms with Crippen molar-refractivity contribution in [3.8, 4) is 0 Å². The van der Waals surface area contributed by atoms with Gasteiger partial charge in [-0.05, 0) is 43.4 Å². The van der Waals surface area contributed by atoms with Crippen molar-refractivity contribution >= 4 is 23.2 Å². The van der Waals surface area contributed by atoms with Crippen molar-refractivity contribution in [2.75, 3.05) is 0 Å². The van der Waals surface area contributed by atoms with E-state index < -0.39 is 0 Å². The summed E-state index contributed by atoms with van der Waals surface area (Å²) in [6.07, 6.45) is 5.15. The Bertz CT molecular complexity index is 367. The van der Waals surface area contributed by atoms with E-state index in [-0.39, 0.29) is 0 Å². The van der Waals surface area contributed by atoms with Gasteiger partial charge >= 0.3 is 0 Å². The summed E-state index contributed by atoms with van der Waals surface area (Å²) in [7, 11) is 0. The van der Waals surface area contributed by atoms with Crippen molar-refractivity contribution in [1.29, 1.82) is 0 Å². The van der Waals surface area contributed by atoms with Gasteiger partial charge in [-0.3, -0.25) is 0 Å². The molecule has 1 N–H and O–H groups in total. The molecule has 0 radical (unpaired) electrons. The Labute approximate surface area is 107 Å². The van der Waals surface area contributed by atoms with Crippen molar-refractivity contribution in [2.45, 2.75) is 44.7 Å². The molecule has 1 aliphatic carbocycles. The Balaban J connectivity index is 1.96. The number of hydrogen-bond acceptors (Lipinski definition) is 1. The molecular weight excluding hydrogens is 241 g/mol. The summed E-state index contributed by atoms with van der Waals surface area (Å²) >= 11 is 11.9. The van der Waals surface area contributed by atoms with Crippen LogP contribution in [0.2, 0.25) is 10.0 Å². The van der Waals surface area contributed by atoms with E-state index in [0.29, 0.717) is 15.6 Å². The third-order valence-corrected chi connectivity index (χ3v) is 4.38. The first kappa shape index (κ1) is 12.2. The molecule has 16 heavy (non-hydrogen) atoms. The molecule has 88 valence electrons. The van der Waals surface area contributed by atoms with Crippen molar-refractivity contribution in [3.05, 3.63) is 33.8 Å². The molecule has 0 saturated heterocycles. The molecule has 3 heteroatoms. The highest BCUT2D eigenvalue weighted by Crippen LogP contribution is 2.35. The van der Waals surface area contributed by atoms with Crippen LogP contribution in [-0.2, 0) is 6.54 Å². The molecule has 2 rings (SSSR count). The third-order valence-electron chi connectivity index (χ3n) is 3.64. The molecule has 0 aliphatic heterocycles. The van der Waals surface area contributed by atoms with E-state index in [1.807, 2.05) is 18.2 Å². The summed E-state index contributed by atoms with van der Waals surface area (Å²) in [5, 5.41) is 4.91. The van der Waals surface area contributed by atoms with Gasteiger partial charge in [-0.1, -0.05) is 36.2 Å². The first-order chi connectivity index (χ1) is 7.65. The van der Waals surface area contributed by atoms with Crippen molar-refractivity contribution < 1.29 is 0 Å².